The molecule has 5 heterocycles. The molecule has 3 fully saturated rings. The average molecular weight is 574 g/mol. The summed E-state index contributed by atoms with van der Waals surface area (Å²) in [6, 6.07) is 5.68. The Morgan fingerprint density at radius 2 is 2.00 bits per heavy atom. The molecule has 40 heavy (non-hydrogen) atoms. The molecule has 0 atom stereocenters. The molecule has 3 aromatic heterocycles. The molecule has 3 aromatic rings. The minimum atomic E-state index is -4.51. The zero-order valence-electron chi connectivity index (χ0n) is 22.0. The van der Waals surface area contributed by atoms with Crippen LogP contribution in [0.15, 0.2) is 35.5 Å². The first kappa shape index (κ1) is 27.0. The number of piperidine rings is 1. The predicted octanol–water partition coefficient (Wildman–Crippen LogP) is 3.92. The fraction of sp³-hybridized carbons (Fsp3) is 0.519. The van der Waals surface area contributed by atoms with Crippen LogP contribution in [-0.2, 0) is 4.74 Å². The lowest BCUT2D eigenvalue weighted by atomic mass is 9.93. The quantitative estimate of drug-likeness (QED) is 0.327. The minimum absolute atomic E-state index is 0.0140. The summed E-state index contributed by atoms with van der Waals surface area (Å²) in [4.78, 5) is 14.8. The molecular weight excluding hydrogens is 543 g/mol. The van der Waals surface area contributed by atoms with Gasteiger partial charge in [-0.2, -0.15) is 23.4 Å². The SMILES string of the molecule is CC1(N2CCC(Nc3cccc4c(SC(F)(F)F)c(C#CCNC(=O)c5cnn(C6CC6)c5)nn34)CC2)COC1. The number of hydrogen-bond donors (Lipinski definition) is 2. The number of fused-ring (bicyclic) bond motifs is 1. The standard InChI is InChI=1S/C27H30F3N7O2S/c1-26(16-39-17-26)35-12-9-19(10-13-35)33-23-6-2-5-22-24(40-27(28,29)30)21(34-37(22)23)4-3-11-31-25(38)18-14-32-36(15-18)20-7-8-20/h2,5-6,14-15,19-20,33H,7-13,16-17H2,1H3,(H,31,38). The van der Waals surface area contributed by atoms with Crippen LogP contribution in [-0.4, -0.2) is 80.1 Å². The fourth-order valence-electron chi connectivity index (χ4n) is 5.16. The van der Waals surface area contributed by atoms with Gasteiger partial charge in [0.15, 0.2) is 0 Å². The Morgan fingerprint density at radius 1 is 1.23 bits per heavy atom. The van der Waals surface area contributed by atoms with Crippen molar-refractivity contribution < 1.29 is 22.7 Å². The molecule has 0 spiro atoms. The van der Waals surface area contributed by atoms with E-state index < -0.39 is 5.51 Å². The Kier molecular flexibility index (Phi) is 7.18. The number of carbonyl (C=O) groups excluding carboxylic acids is 1. The monoisotopic (exact) mass is 573 g/mol. The summed E-state index contributed by atoms with van der Waals surface area (Å²) in [5, 5.41) is 14.8. The summed E-state index contributed by atoms with van der Waals surface area (Å²) in [7, 11) is 0. The predicted molar refractivity (Wildman–Crippen MR) is 144 cm³/mol. The van der Waals surface area contributed by atoms with Crippen LogP contribution in [0.2, 0.25) is 0 Å². The Morgan fingerprint density at radius 3 is 2.67 bits per heavy atom. The zero-order chi connectivity index (χ0) is 27.9. The molecule has 1 aliphatic carbocycles. The first-order valence-electron chi connectivity index (χ1n) is 13.4. The number of nitrogens with zero attached hydrogens (tertiary/aromatic N) is 5. The molecule has 3 aliphatic rings. The fourth-order valence-corrected chi connectivity index (χ4v) is 5.84. The lowest BCUT2D eigenvalue weighted by Crippen LogP contribution is -2.62. The third kappa shape index (κ3) is 5.80. The summed E-state index contributed by atoms with van der Waals surface area (Å²) in [6.07, 6.45) is 7.12. The number of hydrogen-bond acceptors (Lipinski definition) is 7. The van der Waals surface area contributed by atoms with Gasteiger partial charge >= 0.3 is 5.51 Å². The van der Waals surface area contributed by atoms with E-state index >= 15 is 0 Å². The van der Waals surface area contributed by atoms with Crippen molar-refractivity contribution in [2.45, 2.75) is 60.6 Å². The van der Waals surface area contributed by atoms with Gasteiger partial charge in [0.25, 0.3) is 5.91 Å². The Labute approximate surface area is 233 Å². The second-order valence-corrected chi connectivity index (χ2v) is 11.8. The number of pyridine rings is 1. The van der Waals surface area contributed by atoms with Crippen LogP contribution in [0.4, 0.5) is 19.0 Å². The second-order valence-electron chi connectivity index (χ2n) is 10.8. The molecule has 2 saturated heterocycles. The molecule has 0 radical (unpaired) electrons. The topological polar surface area (TPSA) is 88.7 Å². The molecule has 1 amide bonds. The van der Waals surface area contributed by atoms with E-state index in [2.05, 4.69) is 44.5 Å². The van der Waals surface area contributed by atoms with E-state index in [0.717, 1.165) is 52.0 Å². The second kappa shape index (κ2) is 10.6. The maximum Gasteiger partial charge on any atom is 0.446 e. The van der Waals surface area contributed by atoms with Gasteiger partial charge in [-0.3, -0.25) is 14.4 Å². The van der Waals surface area contributed by atoms with Gasteiger partial charge in [0.2, 0.25) is 0 Å². The van der Waals surface area contributed by atoms with Crippen molar-refractivity contribution in [2.75, 3.05) is 38.2 Å². The lowest BCUT2D eigenvalue weighted by Gasteiger charge is -2.49. The number of amides is 1. The molecule has 0 aromatic carbocycles. The highest BCUT2D eigenvalue weighted by Crippen LogP contribution is 2.41. The van der Waals surface area contributed by atoms with Crippen molar-refractivity contribution in [1.82, 2.24) is 29.6 Å². The highest BCUT2D eigenvalue weighted by molar-refractivity contribution is 8.00. The van der Waals surface area contributed by atoms with E-state index in [1.807, 2.05) is 6.07 Å². The number of thioether (sulfide) groups is 1. The van der Waals surface area contributed by atoms with E-state index in [9.17, 15) is 18.0 Å². The molecule has 2 aliphatic heterocycles. The smallest absolute Gasteiger partial charge is 0.377 e. The van der Waals surface area contributed by atoms with Gasteiger partial charge in [-0.1, -0.05) is 12.0 Å². The van der Waals surface area contributed by atoms with Crippen LogP contribution in [0.25, 0.3) is 5.52 Å². The third-order valence-electron chi connectivity index (χ3n) is 7.60. The largest absolute Gasteiger partial charge is 0.446 e. The molecule has 6 rings (SSSR count). The maximum absolute atomic E-state index is 13.5. The summed E-state index contributed by atoms with van der Waals surface area (Å²) in [5.74, 6) is 5.79. The molecule has 13 heteroatoms. The summed E-state index contributed by atoms with van der Waals surface area (Å²) < 4.78 is 49.2. The highest BCUT2D eigenvalue weighted by Gasteiger charge is 2.41. The van der Waals surface area contributed by atoms with Crippen LogP contribution in [0.1, 0.15) is 54.7 Å². The third-order valence-corrected chi connectivity index (χ3v) is 8.43. The van der Waals surface area contributed by atoms with Crippen LogP contribution < -0.4 is 10.6 Å². The molecule has 0 bridgehead atoms. The van der Waals surface area contributed by atoms with Gasteiger partial charge in [0.05, 0.1) is 53.5 Å². The number of rotatable bonds is 7. The number of aromatic nitrogens is 4. The number of ether oxygens (including phenoxy) is 1. The van der Waals surface area contributed by atoms with Crippen LogP contribution in [0.3, 0.4) is 0 Å². The molecule has 1 saturated carbocycles. The summed E-state index contributed by atoms with van der Waals surface area (Å²) in [5.41, 5.74) is -3.65. The summed E-state index contributed by atoms with van der Waals surface area (Å²) in [6.45, 7) is 5.51. The van der Waals surface area contributed by atoms with Crippen molar-refractivity contribution in [3.8, 4) is 11.8 Å². The van der Waals surface area contributed by atoms with Crippen molar-refractivity contribution in [3.05, 3.63) is 41.9 Å². The Balaban J connectivity index is 1.16. The molecule has 2 N–H and O–H groups in total. The van der Waals surface area contributed by atoms with Crippen molar-refractivity contribution in [3.63, 3.8) is 0 Å². The summed E-state index contributed by atoms with van der Waals surface area (Å²) >= 11 is -0.228. The van der Waals surface area contributed by atoms with Gasteiger partial charge in [-0.15, -0.1) is 0 Å². The number of alkyl halides is 3. The molecule has 9 nitrogen and oxygen atoms in total. The molecular formula is C27H30F3N7O2S. The van der Waals surface area contributed by atoms with E-state index in [0.29, 0.717) is 22.9 Å². The van der Waals surface area contributed by atoms with Crippen molar-refractivity contribution >= 4 is 29.0 Å². The van der Waals surface area contributed by atoms with E-state index in [-0.39, 0.29) is 46.4 Å². The van der Waals surface area contributed by atoms with Gasteiger partial charge < -0.3 is 15.4 Å². The van der Waals surface area contributed by atoms with Crippen molar-refractivity contribution in [2.24, 2.45) is 0 Å². The lowest BCUT2D eigenvalue weighted by molar-refractivity contribution is -0.135. The minimum Gasteiger partial charge on any atom is -0.377 e. The normalized spacial score (nSPS) is 19.6. The average Bonchev–Trinajstić information content (AvgIpc) is 3.53. The van der Waals surface area contributed by atoms with Gasteiger partial charge in [0, 0.05) is 25.3 Å². The van der Waals surface area contributed by atoms with Crippen LogP contribution >= 0.6 is 11.8 Å². The number of nitrogens with one attached hydrogen (secondary N) is 2. The number of anilines is 1. The Bertz CT molecular complexity index is 1460. The first-order chi connectivity index (χ1) is 19.2. The number of halogens is 3. The van der Waals surface area contributed by atoms with E-state index in [1.54, 1.807) is 23.0 Å². The first-order valence-corrected chi connectivity index (χ1v) is 14.2. The maximum atomic E-state index is 13.5. The Hall–Kier alpha value is -3.21. The zero-order valence-corrected chi connectivity index (χ0v) is 22.8. The van der Waals surface area contributed by atoms with Gasteiger partial charge in [-0.05, 0) is 62.4 Å². The molecule has 0 unspecified atom stereocenters. The van der Waals surface area contributed by atoms with Gasteiger partial charge in [-0.25, -0.2) is 4.52 Å². The number of carbonyl (C=O) groups is 1. The van der Waals surface area contributed by atoms with E-state index in [1.165, 1.54) is 10.7 Å². The van der Waals surface area contributed by atoms with Gasteiger partial charge in [0.1, 0.15) is 11.5 Å². The van der Waals surface area contributed by atoms with Crippen LogP contribution in [0.5, 0.6) is 0 Å². The van der Waals surface area contributed by atoms with Crippen molar-refractivity contribution in [1.29, 1.82) is 0 Å². The van der Waals surface area contributed by atoms with E-state index in [4.69, 9.17) is 4.74 Å². The highest BCUT2D eigenvalue weighted by atomic mass is 32.2. The molecule has 212 valence electrons. The van der Waals surface area contributed by atoms with Crippen LogP contribution in [0, 0.1) is 11.8 Å². The number of likely N-dealkylation sites (tertiary alicyclic amines) is 1.